The van der Waals surface area contributed by atoms with Gasteiger partial charge in [0.2, 0.25) is 0 Å². The predicted molar refractivity (Wildman–Crippen MR) is 234 cm³/mol. The third kappa shape index (κ3) is 12.7. The SMILES string of the molecule is CCCCCCOc1ccc(/C=C/c2cc(/C=C/c3ccc(OCCCCCC)cc3)cc(/C=C/c3cc(-c4ccccn4)nc(-c4ccccn4)n3)c2)cc1. The summed E-state index contributed by atoms with van der Waals surface area (Å²) in [6.45, 7) is 5.96. The van der Waals surface area contributed by atoms with E-state index in [1.54, 1.807) is 12.4 Å². The van der Waals surface area contributed by atoms with Gasteiger partial charge in [-0.3, -0.25) is 9.97 Å². The van der Waals surface area contributed by atoms with Crippen LogP contribution in [0.1, 0.15) is 98.7 Å². The van der Waals surface area contributed by atoms with E-state index in [0.717, 1.165) is 82.5 Å². The molecule has 0 aliphatic carbocycles. The van der Waals surface area contributed by atoms with E-state index in [2.05, 4.69) is 121 Å². The Balaban J connectivity index is 1.25. The molecule has 0 saturated carbocycles. The van der Waals surface area contributed by atoms with Crippen molar-refractivity contribution in [1.29, 1.82) is 0 Å². The lowest BCUT2D eigenvalue weighted by molar-refractivity contribution is 0.305. The Bertz CT molecular complexity index is 2020. The molecule has 0 bridgehead atoms. The number of hydrogen-bond donors (Lipinski definition) is 0. The highest BCUT2D eigenvalue weighted by atomic mass is 16.5. The Morgan fingerprint density at radius 3 is 1.39 bits per heavy atom. The lowest BCUT2D eigenvalue weighted by Crippen LogP contribution is -1.97. The van der Waals surface area contributed by atoms with Crippen LogP contribution in [0.2, 0.25) is 0 Å². The number of benzene rings is 3. The summed E-state index contributed by atoms with van der Waals surface area (Å²) in [6, 6.07) is 36.7. The van der Waals surface area contributed by atoms with Crippen molar-refractivity contribution < 1.29 is 9.47 Å². The molecule has 0 aliphatic rings. The second-order valence-corrected chi connectivity index (χ2v) is 13.8. The first-order valence-corrected chi connectivity index (χ1v) is 20.0. The molecule has 0 saturated heterocycles. The molecule has 0 amide bonds. The van der Waals surface area contributed by atoms with Gasteiger partial charge >= 0.3 is 0 Å². The quantitative estimate of drug-likeness (QED) is 0.0573. The van der Waals surface area contributed by atoms with Crippen LogP contribution in [0.4, 0.5) is 0 Å². The average Bonchev–Trinajstić information content (AvgIpc) is 3.25. The van der Waals surface area contributed by atoms with Crippen LogP contribution in [-0.2, 0) is 0 Å². The summed E-state index contributed by atoms with van der Waals surface area (Å²) in [4.78, 5) is 18.8. The van der Waals surface area contributed by atoms with Gasteiger partial charge in [-0.15, -0.1) is 0 Å². The fourth-order valence-electron chi connectivity index (χ4n) is 6.15. The number of hydrogen-bond acceptors (Lipinski definition) is 6. The zero-order chi connectivity index (χ0) is 38.6. The van der Waals surface area contributed by atoms with Crippen molar-refractivity contribution in [3.05, 3.63) is 155 Å². The van der Waals surface area contributed by atoms with Crippen LogP contribution >= 0.6 is 0 Å². The van der Waals surface area contributed by atoms with Gasteiger partial charge in [-0.05, 0) is 120 Å². The third-order valence-electron chi connectivity index (χ3n) is 9.24. The second kappa shape index (κ2) is 21.7. The fourth-order valence-corrected chi connectivity index (χ4v) is 6.15. The van der Waals surface area contributed by atoms with E-state index in [4.69, 9.17) is 19.4 Å². The number of nitrogens with zero attached hydrogens (tertiary/aromatic N) is 4. The maximum absolute atomic E-state index is 5.97. The standard InChI is InChI=1S/C50H52N4O2/c1-3-5-7-13-33-55-45-27-22-39(23-28-45)17-19-41-35-42(20-18-40-24-29-46(30-25-40)56-34-14-8-6-4-2)37-43(36-41)21-26-44-38-49(47-15-9-11-31-51-47)54-50(53-44)48-16-10-12-32-52-48/h9-12,15-32,35-38H,3-8,13-14,33-34H2,1-2H3/b19-17+,20-18+,26-21+. The molecule has 0 atom stereocenters. The van der Waals surface area contributed by atoms with Crippen LogP contribution in [0.15, 0.2) is 122 Å². The first-order chi connectivity index (χ1) is 27.6. The smallest absolute Gasteiger partial charge is 0.179 e. The number of pyridine rings is 2. The zero-order valence-electron chi connectivity index (χ0n) is 32.7. The van der Waals surface area contributed by atoms with Crippen molar-refractivity contribution in [3.8, 4) is 34.4 Å². The van der Waals surface area contributed by atoms with E-state index in [1.807, 2.05) is 48.5 Å². The zero-order valence-corrected chi connectivity index (χ0v) is 32.7. The monoisotopic (exact) mass is 740 g/mol. The van der Waals surface area contributed by atoms with E-state index in [-0.39, 0.29) is 0 Å². The van der Waals surface area contributed by atoms with Gasteiger partial charge in [-0.25, -0.2) is 9.97 Å². The summed E-state index contributed by atoms with van der Waals surface area (Å²) in [5, 5.41) is 0. The van der Waals surface area contributed by atoms with Crippen molar-refractivity contribution in [3.63, 3.8) is 0 Å². The summed E-state index contributed by atoms with van der Waals surface area (Å²) < 4.78 is 11.9. The molecule has 6 nitrogen and oxygen atoms in total. The normalized spacial score (nSPS) is 11.5. The number of unbranched alkanes of at least 4 members (excludes halogenated alkanes) is 6. The van der Waals surface area contributed by atoms with Gasteiger partial charge < -0.3 is 9.47 Å². The number of aromatic nitrogens is 4. The Kier molecular flexibility index (Phi) is 15.3. The number of ether oxygens (including phenoxy) is 2. The molecule has 56 heavy (non-hydrogen) atoms. The van der Waals surface area contributed by atoms with Crippen LogP contribution in [0.25, 0.3) is 59.4 Å². The molecule has 3 aromatic heterocycles. The van der Waals surface area contributed by atoms with Crippen LogP contribution in [-0.4, -0.2) is 33.1 Å². The Morgan fingerprint density at radius 1 is 0.429 bits per heavy atom. The maximum Gasteiger partial charge on any atom is 0.179 e. The van der Waals surface area contributed by atoms with E-state index >= 15 is 0 Å². The highest BCUT2D eigenvalue weighted by Crippen LogP contribution is 2.24. The Hall–Kier alpha value is -6.14. The highest BCUT2D eigenvalue weighted by Gasteiger charge is 2.09. The second-order valence-electron chi connectivity index (χ2n) is 13.8. The molecule has 284 valence electrons. The fraction of sp³-hybridized carbons (Fsp3) is 0.240. The van der Waals surface area contributed by atoms with Crippen molar-refractivity contribution in [2.45, 2.75) is 65.2 Å². The first-order valence-electron chi connectivity index (χ1n) is 20.0. The molecule has 0 fully saturated rings. The molecule has 0 spiro atoms. The van der Waals surface area contributed by atoms with Crippen LogP contribution in [0.5, 0.6) is 11.5 Å². The summed E-state index contributed by atoms with van der Waals surface area (Å²) >= 11 is 0. The molecular weight excluding hydrogens is 689 g/mol. The minimum absolute atomic E-state index is 0.550. The lowest BCUT2D eigenvalue weighted by atomic mass is 10.0. The van der Waals surface area contributed by atoms with Crippen molar-refractivity contribution in [2.24, 2.45) is 0 Å². The van der Waals surface area contributed by atoms with Crippen LogP contribution in [0.3, 0.4) is 0 Å². The number of rotatable bonds is 20. The lowest BCUT2D eigenvalue weighted by Gasteiger charge is -2.07. The molecule has 6 heteroatoms. The van der Waals surface area contributed by atoms with Gasteiger partial charge in [0.05, 0.1) is 30.3 Å². The molecule has 6 rings (SSSR count). The van der Waals surface area contributed by atoms with Gasteiger partial charge in [0.15, 0.2) is 5.82 Å². The molecule has 3 heterocycles. The molecule has 6 aromatic rings. The van der Waals surface area contributed by atoms with Crippen molar-refractivity contribution in [2.75, 3.05) is 13.2 Å². The summed E-state index contributed by atoms with van der Waals surface area (Å²) in [5.41, 5.74) is 8.42. The van der Waals surface area contributed by atoms with Crippen molar-refractivity contribution in [1.82, 2.24) is 19.9 Å². The van der Waals surface area contributed by atoms with Gasteiger partial charge in [0.25, 0.3) is 0 Å². The molecule has 0 unspecified atom stereocenters. The highest BCUT2D eigenvalue weighted by molar-refractivity contribution is 5.79. The first kappa shape index (κ1) is 39.6. The topological polar surface area (TPSA) is 70.0 Å². The molecule has 3 aromatic carbocycles. The largest absolute Gasteiger partial charge is 0.494 e. The minimum atomic E-state index is 0.550. The van der Waals surface area contributed by atoms with E-state index in [1.165, 1.54) is 38.5 Å². The van der Waals surface area contributed by atoms with E-state index in [0.29, 0.717) is 11.5 Å². The minimum Gasteiger partial charge on any atom is -0.494 e. The van der Waals surface area contributed by atoms with Crippen LogP contribution in [0, 0.1) is 0 Å². The van der Waals surface area contributed by atoms with Gasteiger partial charge in [0.1, 0.15) is 17.2 Å². The summed E-state index contributed by atoms with van der Waals surface area (Å²) in [7, 11) is 0. The average molecular weight is 741 g/mol. The maximum atomic E-state index is 5.97. The van der Waals surface area contributed by atoms with Crippen molar-refractivity contribution >= 4 is 36.5 Å². The molecule has 0 radical (unpaired) electrons. The molecule has 0 N–H and O–H groups in total. The Morgan fingerprint density at radius 2 is 0.911 bits per heavy atom. The van der Waals surface area contributed by atoms with E-state index < -0.39 is 0 Å². The summed E-state index contributed by atoms with van der Waals surface area (Å²) in [6.07, 6.45) is 25.8. The van der Waals surface area contributed by atoms with Crippen LogP contribution < -0.4 is 9.47 Å². The summed E-state index contributed by atoms with van der Waals surface area (Å²) in [5.74, 6) is 2.37. The van der Waals surface area contributed by atoms with Gasteiger partial charge in [-0.2, -0.15) is 0 Å². The Labute approximate surface area is 332 Å². The predicted octanol–water partition coefficient (Wildman–Crippen LogP) is 13.0. The van der Waals surface area contributed by atoms with E-state index in [9.17, 15) is 0 Å². The molecule has 0 aliphatic heterocycles. The third-order valence-corrected chi connectivity index (χ3v) is 9.24. The van der Waals surface area contributed by atoms with Gasteiger partial charge in [0, 0.05) is 12.4 Å². The molecular formula is C50H52N4O2. The van der Waals surface area contributed by atoms with Gasteiger partial charge in [-0.1, -0.05) is 119 Å².